The smallest absolute Gasteiger partial charge is 0.141 e. The Morgan fingerprint density at radius 2 is 1.70 bits per heavy atom. The monoisotopic (exact) mass is 285 g/mol. The SMILES string of the molecule is Oc1ccc(Cc2nncn2-c2ccc(Cl)cc2)cc1. The molecule has 0 aliphatic heterocycles. The largest absolute Gasteiger partial charge is 0.508 e. The Hall–Kier alpha value is -2.33. The summed E-state index contributed by atoms with van der Waals surface area (Å²) in [6, 6.07) is 14.6. The number of hydrogen-bond donors (Lipinski definition) is 1. The van der Waals surface area contributed by atoms with Crippen molar-refractivity contribution in [3.63, 3.8) is 0 Å². The van der Waals surface area contributed by atoms with Gasteiger partial charge in [0.1, 0.15) is 17.9 Å². The second-order valence-corrected chi connectivity index (χ2v) is 4.87. The maximum absolute atomic E-state index is 9.30. The number of aromatic hydroxyl groups is 1. The minimum Gasteiger partial charge on any atom is -0.508 e. The third kappa shape index (κ3) is 2.65. The van der Waals surface area contributed by atoms with Gasteiger partial charge in [0.15, 0.2) is 0 Å². The van der Waals surface area contributed by atoms with Crippen LogP contribution < -0.4 is 0 Å². The first kappa shape index (κ1) is 12.7. The summed E-state index contributed by atoms with van der Waals surface area (Å²) in [5.74, 6) is 1.09. The summed E-state index contributed by atoms with van der Waals surface area (Å²) in [5, 5.41) is 18.1. The van der Waals surface area contributed by atoms with Gasteiger partial charge in [0, 0.05) is 17.1 Å². The molecule has 20 heavy (non-hydrogen) atoms. The number of rotatable bonds is 3. The van der Waals surface area contributed by atoms with Crippen LogP contribution in [0.5, 0.6) is 5.75 Å². The lowest BCUT2D eigenvalue weighted by Gasteiger charge is -2.07. The summed E-state index contributed by atoms with van der Waals surface area (Å²) in [6.45, 7) is 0. The molecule has 3 aromatic rings. The average Bonchev–Trinajstić information content (AvgIpc) is 2.90. The molecule has 2 aromatic carbocycles. The van der Waals surface area contributed by atoms with Crippen LogP contribution in [-0.2, 0) is 6.42 Å². The van der Waals surface area contributed by atoms with Crippen molar-refractivity contribution in [1.82, 2.24) is 14.8 Å². The van der Waals surface area contributed by atoms with E-state index in [0.29, 0.717) is 11.4 Å². The molecule has 3 rings (SSSR count). The summed E-state index contributed by atoms with van der Waals surface area (Å²) in [5.41, 5.74) is 2.03. The van der Waals surface area contributed by atoms with Crippen LogP contribution in [0.25, 0.3) is 5.69 Å². The van der Waals surface area contributed by atoms with Crippen LogP contribution in [0.2, 0.25) is 5.02 Å². The number of halogens is 1. The van der Waals surface area contributed by atoms with Crippen LogP contribution in [-0.4, -0.2) is 19.9 Å². The van der Waals surface area contributed by atoms with Gasteiger partial charge in [0.2, 0.25) is 0 Å². The maximum atomic E-state index is 9.30. The zero-order chi connectivity index (χ0) is 13.9. The normalized spacial score (nSPS) is 10.7. The first-order valence-corrected chi connectivity index (χ1v) is 6.53. The Morgan fingerprint density at radius 1 is 1.00 bits per heavy atom. The molecular formula is C15H12ClN3O. The molecule has 0 bridgehead atoms. The van der Waals surface area contributed by atoms with Gasteiger partial charge in [-0.15, -0.1) is 10.2 Å². The molecule has 0 saturated carbocycles. The quantitative estimate of drug-likeness (QED) is 0.804. The number of aromatic nitrogens is 3. The molecule has 0 atom stereocenters. The Morgan fingerprint density at radius 3 is 2.40 bits per heavy atom. The molecule has 0 radical (unpaired) electrons. The van der Waals surface area contributed by atoms with Crippen molar-refractivity contribution in [3.8, 4) is 11.4 Å². The average molecular weight is 286 g/mol. The van der Waals surface area contributed by atoms with Gasteiger partial charge in [-0.2, -0.15) is 0 Å². The Bertz CT molecular complexity index is 705. The molecule has 0 fully saturated rings. The van der Waals surface area contributed by atoms with Gasteiger partial charge in [0.25, 0.3) is 0 Å². The molecule has 0 saturated heterocycles. The molecule has 0 unspecified atom stereocenters. The minimum atomic E-state index is 0.257. The number of nitrogens with zero attached hydrogens (tertiary/aromatic N) is 3. The third-order valence-electron chi connectivity index (χ3n) is 3.02. The molecule has 0 amide bonds. The van der Waals surface area contributed by atoms with Crippen LogP contribution in [0, 0.1) is 0 Å². The van der Waals surface area contributed by atoms with E-state index in [0.717, 1.165) is 17.1 Å². The number of benzene rings is 2. The highest BCUT2D eigenvalue weighted by Gasteiger charge is 2.07. The minimum absolute atomic E-state index is 0.257. The van der Waals surface area contributed by atoms with Crippen LogP contribution in [0.4, 0.5) is 0 Å². The van der Waals surface area contributed by atoms with Gasteiger partial charge in [-0.1, -0.05) is 23.7 Å². The highest BCUT2D eigenvalue weighted by atomic mass is 35.5. The summed E-state index contributed by atoms with van der Waals surface area (Å²) < 4.78 is 1.92. The predicted molar refractivity (Wildman–Crippen MR) is 77.3 cm³/mol. The Labute approximate surface area is 121 Å². The Balaban J connectivity index is 1.90. The fourth-order valence-electron chi connectivity index (χ4n) is 1.99. The van der Waals surface area contributed by atoms with E-state index in [9.17, 15) is 5.11 Å². The molecule has 1 heterocycles. The summed E-state index contributed by atoms with van der Waals surface area (Å²) >= 11 is 5.89. The molecule has 5 heteroatoms. The van der Waals surface area contributed by atoms with Gasteiger partial charge < -0.3 is 5.11 Å². The zero-order valence-electron chi connectivity index (χ0n) is 10.6. The molecule has 0 aliphatic carbocycles. The van der Waals surface area contributed by atoms with E-state index in [-0.39, 0.29) is 5.75 Å². The lowest BCUT2D eigenvalue weighted by atomic mass is 10.1. The van der Waals surface area contributed by atoms with E-state index in [1.807, 2.05) is 41.0 Å². The van der Waals surface area contributed by atoms with Crippen molar-refractivity contribution in [2.75, 3.05) is 0 Å². The van der Waals surface area contributed by atoms with E-state index < -0.39 is 0 Å². The lowest BCUT2D eigenvalue weighted by Crippen LogP contribution is -2.01. The van der Waals surface area contributed by atoms with Crippen LogP contribution >= 0.6 is 11.6 Å². The number of hydrogen-bond acceptors (Lipinski definition) is 3. The molecule has 1 N–H and O–H groups in total. The van der Waals surface area contributed by atoms with Crippen molar-refractivity contribution in [2.24, 2.45) is 0 Å². The van der Waals surface area contributed by atoms with Crippen molar-refractivity contribution in [2.45, 2.75) is 6.42 Å². The second-order valence-electron chi connectivity index (χ2n) is 4.44. The molecular weight excluding hydrogens is 274 g/mol. The van der Waals surface area contributed by atoms with Gasteiger partial charge in [-0.25, -0.2) is 0 Å². The van der Waals surface area contributed by atoms with Crippen LogP contribution in [0.1, 0.15) is 11.4 Å². The van der Waals surface area contributed by atoms with Gasteiger partial charge in [0.05, 0.1) is 0 Å². The number of phenols is 1. The highest BCUT2D eigenvalue weighted by Crippen LogP contribution is 2.17. The molecule has 0 spiro atoms. The van der Waals surface area contributed by atoms with Crippen molar-refractivity contribution < 1.29 is 5.11 Å². The highest BCUT2D eigenvalue weighted by molar-refractivity contribution is 6.30. The standard InChI is InChI=1S/C15H12ClN3O/c16-12-3-5-13(6-4-12)19-10-17-18-15(19)9-11-1-7-14(20)8-2-11/h1-8,10,20H,9H2. The van der Waals surface area contributed by atoms with Crippen molar-refractivity contribution in [3.05, 3.63) is 71.3 Å². The molecule has 4 nitrogen and oxygen atoms in total. The second kappa shape index (κ2) is 5.35. The zero-order valence-corrected chi connectivity index (χ0v) is 11.3. The molecule has 0 aliphatic rings. The van der Waals surface area contributed by atoms with Crippen LogP contribution in [0.15, 0.2) is 54.9 Å². The lowest BCUT2D eigenvalue weighted by molar-refractivity contribution is 0.475. The number of phenolic OH excluding ortho intramolecular Hbond substituents is 1. The first-order chi connectivity index (χ1) is 9.72. The summed E-state index contributed by atoms with van der Waals surface area (Å²) in [4.78, 5) is 0. The van der Waals surface area contributed by atoms with Crippen molar-refractivity contribution in [1.29, 1.82) is 0 Å². The fraction of sp³-hybridized carbons (Fsp3) is 0.0667. The predicted octanol–water partition coefficient (Wildman–Crippen LogP) is 3.22. The van der Waals surface area contributed by atoms with E-state index in [2.05, 4.69) is 10.2 Å². The fourth-order valence-corrected chi connectivity index (χ4v) is 2.12. The van der Waals surface area contributed by atoms with Gasteiger partial charge in [-0.3, -0.25) is 4.57 Å². The molecule has 100 valence electrons. The van der Waals surface area contributed by atoms with E-state index in [1.165, 1.54) is 0 Å². The molecule has 1 aromatic heterocycles. The summed E-state index contributed by atoms with van der Waals surface area (Å²) in [6.07, 6.45) is 2.32. The first-order valence-electron chi connectivity index (χ1n) is 6.15. The van der Waals surface area contributed by atoms with Gasteiger partial charge in [-0.05, 0) is 42.0 Å². The summed E-state index contributed by atoms with van der Waals surface area (Å²) in [7, 11) is 0. The Kier molecular flexibility index (Phi) is 3.39. The van der Waals surface area contributed by atoms with E-state index in [1.54, 1.807) is 18.5 Å². The van der Waals surface area contributed by atoms with Gasteiger partial charge >= 0.3 is 0 Å². The van der Waals surface area contributed by atoms with Crippen molar-refractivity contribution >= 4 is 11.6 Å². The maximum Gasteiger partial charge on any atom is 0.141 e. The third-order valence-corrected chi connectivity index (χ3v) is 3.27. The van der Waals surface area contributed by atoms with Crippen LogP contribution in [0.3, 0.4) is 0 Å². The van der Waals surface area contributed by atoms with E-state index >= 15 is 0 Å². The van der Waals surface area contributed by atoms with E-state index in [4.69, 9.17) is 11.6 Å². The topological polar surface area (TPSA) is 50.9 Å².